The van der Waals surface area contributed by atoms with Crippen LogP contribution in [0.3, 0.4) is 0 Å². The van der Waals surface area contributed by atoms with Gasteiger partial charge in [0.05, 0.1) is 0 Å². The molecule has 0 amide bonds. The summed E-state index contributed by atoms with van der Waals surface area (Å²) in [7, 11) is 0. The number of aromatic hydroxyl groups is 1. The van der Waals surface area contributed by atoms with Crippen molar-refractivity contribution in [1.29, 1.82) is 0 Å². The minimum absolute atomic E-state index is 0.0528. The van der Waals surface area contributed by atoms with E-state index in [0.29, 0.717) is 5.75 Å². The van der Waals surface area contributed by atoms with Gasteiger partial charge in [0.2, 0.25) is 0 Å². The SMILES string of the molecule is CCCCCCCCc1cc(O)cc(C(C)(C)C)c1C(C)(C)C. The van der Waals surface area contributed by atoms with Gasteiger partial charge in [0, 0.05) is 0 Å². The average Bonchev–Trinajstić information content (AvgIpc) is 2.39. The zero-order valence-corrected chi connectivity index (χ0v) is 16.6. The first-order valence-electron chi connectivity index (χ1n) is 9.44. The third-order valence-corrected chi connectivity index (χ3v) is 4.56. The smallest absolute Gasteiger partial charge is 0.116 e. The average molecular weight is 319 g/mol. The van der Waals surface area contributed by atoms with Crippen molar-refractivity contribution in [2.45, 2.75) is 104 Å². The summed E-state index contributed by atoms with van der Waals surface area (Å²) >= 11 is 0. The highest BCUT2D eigenvalue weighted by Crippen LogP contribution is 2.39. The van der Waals surface area contributed by atoms with Gasteiger partial charge in [-0.1, -0.05) is 80.6 Å². The number of unbranched alkanes of at least 4 members (excludes halogenated alkanes) is 5. The summed E-state index contributed by atoms with van der Waals surface area (Å²) in [6.07, 6.45) is 8.95. The second-order valence-corrected chi connectivity index (χ2v) is 9.05. The molecule has 0 atom stereocenters. The molecule has 0 aliphatic carbocycles. The van der Waals surface area contributed by atoms with E-state index in [4.69, 9.17) is 0 Å². The summed E-state index contributed by atoms with van der Waals surface area (Å²) < 4.78 is 0. The maximum atomic E-state index is 10.2. The van der Waals surface area contributed by atoms with Gasteiger partial charge >= 0.3 is 0 Å². The van der Waals surface area contributed by atoms with E-state index in [1.807, 2.05) is 12.1 Å². The summed E-state index contributed by atoms with van der Waals surface area (Å²) in [6.45, 7) is 15.9. The number of rotatable bonds is 7. The minimum Gasteiger partial charge on any atom is -0.508 e. The fourth-order valence-electron chi connectivity index (χ4n) is 3.46. The quantitative estimate of drug-likeness (QED) is 0.543. The van der Waals surface area contributed by atoms with Crippen LogP contribution in [-0.2, 0) is 17.3 Å². The molecule has 1 heteroatoms. The Morgan fingerprint density at radius 1 is 0.783 bits per heavy atom. The molecular formula is C22H38O. The Bertz CT molecular complexity index is 486. The Balaban J connectivity index is 2.99. The third kappa shape index (κ3) is 6.20. The highest BCUT2D eigenvalue weighted by atomic mass is 16.3. The zero-order valence-electron chi connectivity index (χ0n) is 16.6. The van der Waals surface area contributed by atoms with Crippen LogP contribution in [0.2, 0.25) is 0 Å². The van der Waals surface area contributed by atoms with Crippen LogP contribution < -0.4 is 0 Å². The lowest BCUT2D eigenvalue weighted by Gasteiger charge is -2.32. The molecular weight excluding hydrogens is 280 g/mol. The predicted molar refractivity (Wildman–Crippen MR) is 103 cm³/mol. The van der Waals surface area contributed by atoms with E-state index < -0.39 is 0 Å². The molecule has 1 N–H and O–H groups in total. The Kier molecular flexibility index (Phi) is 7.17. The third-order valence-electron chi connectivity index (χ3n) is 4.56. The molecule has 1 aromatic carbocycles. The molecule has 23 heavy (non-hydrogen) atoms. The van der Waals surface area contributed by atoms with E-state index in [9.17, 15) is 5.11 Å². The van der Waals surface area contributed by atoms with Gasteiger partial charge in [-0.2, -0.15) is 0 Å². The molecule has 0 fully saturated rings. The second kappa shape index (κ2) is 8.22. The first-order valence-corrected chi connectivity index (χ1v) is 9.44. The second-order valence-electron chi connectivity index (χ2n) is 9.05. The maximum absolute atomic E-state index is 10.2. The van der Waals surface area contributed by atoms with Gasteiger partial charge in [0.1, 0.15) is 5.75 Å². The van der Waals surface area contributed by atoms with E-state index in [2.05, 4.69) is 48.5 Å². The lowest BCUT2D eigenvalue weighted by Crippen LogP contribution is -2.24. The van der Waals surface area contributed by atoms with Crippen LogP contribution in [0.15, 0.2) is 12.1 Å². The van der Waals surface area contributed by atoms with Gasteiger partial charge in [-0.3, -0.25) is 0 Å². The van der Waals surface area contributed by atoms with E-state index in [-0.39, 0.29) is 10.8 Å². The van der Waals surface area contributed by atoms with Crippen molar-refractivity contribution in [3.05, 3.63) is 28.8 Å². The van der Waals surface area contributed by atoms with E-state index in [0.717, 1.165) is 6.42 Å². The summed E-state index contributed by atoms with van der Waals surface area (Å²) in [4.78, 5) is 0. The highest BCUT2D eigenvalue weighted by molar-refractivity contribution is 5.48. The Hall–Kier alpha value is -0.980. The first kappa shape index (κ1) is 20.1. The number of aryl methyl sites for hydroxylation is 1. The Morgan fingerprint density at radius 2 is 1.35 bits per heavy atom. The minimum atomic E-state index is 0.0528. The van der Waals surface area contributed by atoms with Crippen molar-refractivity contribution in [3.8, 4) is 5.75 Å². The molecule has 0 spiro atoms. The lowest BCUT2D eigenvalue weighted by atomic mass is 9.72. The van der Waals surface area contributed by atoms with Crippen molar-refractivity contribution >= 4 is 0 Å². The van der Waals surface area contributed by atoms with Crippen LogP contribution >= 0.6 is 0 Å². The van der Waals surface area contributed by atoms with E-state index in [1.54, 1.807) is 0 Å². The zero-order chi connectivity index (χ0) is 17.7. The molecule has 0 aliphatic rings. The fraction of sp³-hybridized carbons (Fsp3) is 0.727. The standard InChI is InChI=1S/C22H38O/c1-8-9-10-11-12-13-14-17-15-18(23)16-19(21(2,3)4)20(17)22(5,6)7/h15-16,23H,8-14H2,1-7H3. The predicted octanol–water partition coefficient (Wildman–Crippen LogP) is 6.89. The first-order chi connectivity index (χ1) is 10.6. The van der Waals surface area contributed by atoms with Crippen LogP contribution in [0.5, 0.6) is 5.75 Å². The molecule has 1 nitrogen and oxygen atoms in total. The van der Waals surface area contributed by atoms with Crippen molar-refractivity contribution in [3.63, 3.8) is 0 Å². The van der Waals surface area contributed by atoms with Gasteiger partial charge in [-0.05, 0) is 52.5 Å². The molecule has 0 aromatic heterocycles. The van der Waals surface area contributed by atoms with Gasteiger partial charge in [0.15, 0.2) is 0 Å². The largest absolute Gasteiger partial charge is 0.508 e. The topological polar surface area (TPSA) is 20.2 Å². The molecule has 0 radical (unpaired) electrons. The molecule has 1 rings (SSSR count). The Morgan fingerprint density at radius 3 is 1.87 bits per heavy atom. The molecule has 0 saturated heterocycles. The maximum Gasteiger partial charge on any atom is 0.116 e. The monoisotopic (exact) mass is 318 g/mol. The van der Waals surface area contributed by atoms with Crippen molar-refractivity contribution in [2.24, 2.45) is 0 Å². The molecule has 0 aliphatic heterocycles. The molecule has 0 saturated carbocycles. The van der Waals surface area contributed by atoms with Crippen LogP contribution in [0.1, 0.15) is 104 Å². The number of phenols is 1. The fourth-order valence-corrected chi connectivity index (χ4v) is 3.46. The molecule has 0 unspecified atom stereocenters. The Labute approximate surface area is 144 Å². The number of hydrogen-bond acceptors (Lipinski definition) is 1. The van der Waals surface area contributed by atoms with Crippen LogP contribution in [0.4, 0.5) is 0 Å². The van der Waals surface area contributed by atoms with Gasteiger partial charge in [-0.15, -0.1) is 0 Å². The summed E-state index contributed by atoms with van der Waals surface area (Å²) in [5.41, 5.74) is 4.24. The van der Waals surface area contributed by atoms with Gasteiger partial charge in [0.25, 0.3) is 0 Å². The van der Waals surface area contributed by atoms with Crippen molar-refractivity contribution in [2.75, 3.05) is 0 Å². The number of phenolic OH excluding ortho intramolecular Hbond substituents is 1. The summed E-state index contributed by atoms with van der Waals surface area (Å²) in [6, 6.07) is 3.98. The summed E-state index contributed by atoms with van der Waals surface area (Å²) in [5.74, 6) is 0.420. The van der Waals surface area contributed by atoms with Crippen LogP contribution in [0, 0.1) is 0 Å². The molecule has 0 heterocycles. The van der Waals surface area contributed by atoms with Crippen molar-refractivity contribution < 1.29 is 5.11 Å². The highest BCUT2D eigenvalue weighted by Gasteiger charge is 2.28. The normalized spacial score (nSPS) is 12.7. The van der Waals surface area contributed by atoms with Gasteiger partial charge < -0.3 is 5.11 Å². The van der Waals surface area contributed by atoms with E-state index in [1.165, 1.54) is 55.2 Å². The lowest BCUT2D eigenvalue weighted by molar-refractivity contribution is 0.463. The molecule has 0 bridgehead atoms. The number of benzene rings is 1. The molecule has 1 aromatic rings. The summed E-state index contributed by atoms with van der Waals surface area (Å²) in [5, 5.41) is 10.2. The van der Waals surface area contributed by atoms with Crippen molar-refractivity contribution in [1.82, 2.24) is 0 Å². The van der Waals surface area contributed by atoms with E-state index >= 15 is 0 Å². The van der Waals surface area contributed by atoms with Crippen LogP contribution in [-0.4, -0.2) is 5.11 Å². The van der Waals surface area contributed by atoms with Crippen LogP contribution in [0.25, 0.3) is 0 Å². The number of hydrogen-bond donors (Lipinski definition) is 1. The molecule has 132 valence electrons. The van der Waals surface area contributed by atoms with Gasteiger partial charge in [-0.25, -0.2) is 0 Å².